The summed E-state index contributed by atoms with van der Waals surface area (Å²) in [4.78, 5) is 7.05. The monoisotopic (exact) mass is 263 g/mol. The Morgan fingerprint density at radius 1 is 1.26 bits per heavy atom. The zero-order valence-corrected chi connectivity index (χ0v) is 13.2. The fourth-order valence-corrected chi connectivity index (χ4v) is 2.09. The third kappa shape index (κ3) is 5.60. The number of pyridine rings is 1. The molecule has 1 aromatic rings. The van der Waals surface area contributed by atoms with E-state index in [1.54, 1.807) is 0 Å². The fourth-order valence-electron chi connectivity index (χ4n) is 2.09. The van der Waals surface area contributed by atoms with Gasteiger partial charge in [-0.1, -0.05) is 27.2 Å². The van der Waals surface area contributed by atoms with E-state index >= 15 is 0 Å². The van der Waals surface area contributed by atoms with E-state index in [-0.39, 0.29) is 0 Å². The van der Waals surface area contributed by atoms with Crippen molar-refractivity contribution in [3.63, 3.8) is 0 Å². The Bertz CT molecular complexity index is 374. The number of hydrogen-bond acceptors (Lipinski definition) is 3. The Balaban J connectivity index is 2.81. The number of aryl methyl sites for hydroxylation is 1. The first-order chi connectivity index (χ1) is 9.06. The minimum Gasteiger partial charge on any atom is -0.357 e. The SMILES string of the molecule is CCCCN(CC)c1cc(CNC(C)C)cc(C)n1. The van der Waals surface area contributed by atoms with Crippen molar-refractivity contribution in [3.05, 3.63) is 23.4 Å². The third-order valence-corrected chi connectivity index (χ3v) is 3.20. The normalized spacial score (nSPS) is 11.1. The van der Waals surface area contributed by atoms with Crippen LogP contribution in [0.4, 0.5) is 5.82 Å². The van der Waals surface area contributed by atoms with Gasteiger partial charge in [0.2, 0.25) is 0 Å². The van der Waals surface area contributed by atoms with Crippen LogP contribution in [0.1, 0.15) is 51.8 Å². The molecule has 0 amide bonds. The van der Waals surface area contributed by atoms with Crippen molar-refractivity contribution < 1.29 is 0 Å². The number of nitrogens with one attached hydrogen (secondary N) is 1. The molecule has 1 N–H and O–H groups in total. The van der Waals surface area contributed by atoms with Gasteiger partial charge < -0.3 is 10.2 Å². The summed E-state index contributed by atoms with van der Waals surface area (Å²) in [6.07, 6.45) is 2.45. The summed E-state index contributed by atoms with van der Waals surface area (Å²) in [6.45, 7) is 13.9. The lowest BCUT2D eigenvalue weighted by Crippen LogP contribution is -2.26. The van der Waals surface area contributed by atoms with Gasteiger partial charge in [-0.05, 0) is 38.0 Å². The molecule has 3 heteroatoms. The highest BCUT2D eigenvalue weighted by molar-refractivity contribution is 5.42. The highest BCUT2D eigenvalue weighted by Crippen LogP contribution is 2.16. The first kappa shape index (κ1) is 16.0. The highest BCUT2D eigenvalue weighted by Gasteiger charge is 2.07. The quantitative estimate of drug-likeness (QED) is 0.778. The summed E-state index contributed by atoms with van der Waals surface area (Å²) < 4.78 is 0. The van der Waals surface area contributed by atoms with E-state index < -0.39 is 0 Å². The molecule has 3 nitrogen and oxygen atoms in total. The minimum absolute atomic E-state index is 0.513. The van der Waals surface area contributed by atoms with E-state index in [0.717, 1.165) is 31.1 Å². The molecule has 0 aromatic carbocycles. The molecule has 0 spiro atoms. The first-order valence-electron chi connectivity index (χ1n) is 7.52. The molecule has 0 aliphatic rings. The van der Waals surface area contributed by atoms with Crippen LogP contribution in [0.2, 0.25) is 0 Å². The molecule has 1 rings (SSSR count). The van der Waals surface area contributed by atoms with Crippen LogP contribution in [-0.4, -0.2) is 24.1 Å². The Morgan fingerprint density at radius 3 is 2.58 bits per heavy atom. The Labute approximate surface area is 118 Å². The van der Waals surface area contributed by atoms with Crippen LogP contribution in [0.25, 0.3) is 0 Å². The molecule has 1 aromatic heterocycles. The molecule has 0 aliphatic carbocycles. The molecular formula is C16H29N3. The Kier molecular flexibility index (Phi) is 6.85. The van der Waals surface area contributed by atoms with E-state index in [2.05, 4.69) is 62.0 Å². The average molecular weight is 263 g/mol. The number of unbranched alkanes of at least 4 members (excludes halogenated alkanes) is 1. The van der Waals surface area contributed by atoms with Gasteiger partial charge in [0.15, 0.2) is 0 Å². The van der Waals surface area contributed by atoms with Crippen molar-refractivity contribution in [1.29, 1.82) is 0 Å². The van der Waals surface area contributed by atoms with Gasteiger partial charge in [-0.3, -0.25) is 0 Å². The largest absolute Gasteiger partial charge is 0.357 e. The predicted octanol–water partition coefficient (Wildman–Crippen LogP) is 3.51. The molecule has 0 radical (unpaired) electrons. The molecular weight excluding hydrogens is 234 g/mol. The predicted molar refractivity (Wildman–Crippen MR) is 83.7 cm³/mol. The van der Waals surface area contributed by atoms with E-state index in [0.29, 0.717) is 6.04 Å². The molecule has 0 atom stereocenters. The van der Waals surface area contributed by atoms with Crippen molar-refractivity contribution in [2.24, 2.45) is 0 Å². The zero-order chi connectivity index (χ0) is 14.3. The van der Waals surface area contributed by atoms with Gasteiger partial charge in [-0.2, -0.15) is 0 Å². The van der Waals surface area contributed by atoms with Crippen LogP contribution in [0, 0.1) is 6.92 Å². The van der Waals surface area contributed by atoms with Crippen molar-refractivity contribution in [3.8, 4) is 0 Å². The summed E-state index contributed by atoms with van der Waals surface area (Å²) >= 11 is 0. The minimum atomic E-state index is 0.513. The van der Waals surface area contributed by atoms with Crippen molar-refractivity contribution in [1.82, 2.24) is 10.3 Å². The second-order valence-corrected chi connectivity index (χ2v) is 5.44. The van der Waals surface area contributed by atoms with Gasteiger partial charge in [-0.15, -0.1) is 0 Å². The van der Waals surface area contributed by atoms with Crippen LogP contribution in [-0.2, 0) is 6.54 Å². The number of rotatable bonds is 8. The Hall–Kier alpha value is -1.09. The third-order valence-electron chi connectivity index (χ3n) is 3.20. The number of anilines is 1. The van der Waals surface area contributed by atoms with Crippen molar-refractivity contribution in [2.45, 2.75) is 60.0 Å². The molecule has 0 bridgehead atoms. The maximum atomic E-state index is 4.68. The highest BCUT2D eigenvalue weighted by atomic mass is 15.2. The topological polar surface area (TPSA) is 28.2 Å². The maximum Gasteiger partial charge on any atom is 0.129 e. The van der Waals surface area contributed by atoms with Crippen LogP contribution < -0.4 is 10.2 Å². The smallest absolute Gasteiger partial charge is 0.129 e. The van der Waals surface area contributed by atoms with Crippen molar-refractivity contribution in [2.75, 3.05) is 18.0 Å². The summed E-state index contributed by atoms with van der Waals surface area (Å²) in [5.41, 5.74) is 2.43. The van der Waals surface area contributed by atoms with Gasteiger partial charge in [0, 0.05) is 31.4 Å². The second-order valence-electron chi connectivity index (χ2n) is 5.44. The summed E-state index contributed by atoms with van der Waals surface area (Å²) in [6, 6.07) is 4.91. The molecule has 0 unspecified atom stereocenters. The zero-order valence-electron chi connectivity index (χ0n) is 13.2. The molecule has 0 saturated heterocycles. The van der Waals surface area contributed by atoms with E-state index in [1.807, 2.05) is 0 Å². The standard InChI is InChI=1S/C16H29N3/c1-6-8-9-19(7-2)16-11-15(10-14(5)18-16)12-17-13(3)4/h10-11,13,17H,6-9,12H2,1-5H3. The van der Waals surface area contributed by atoms with E-state index in [4.69, 9.17) is 0 Å². The van der Waals surface area contributed by atoms with Crippen LogP contribution in [0.3, 0.4) is 0 Å². The molecule has 0 fully saturated rings. The molecule has 1 heterocycles. The van der Waals surface area contributed by atoms with Gasteiger partial charge >= 0.3 is 0 Å². The summed E-state index contributed by atoms with van der Waals surface area (Å²) in [5.74, 6) is 1.12. The lowest BCUT2D eigenvalue weighted by Gasteiger charge is -2.23. The number of aromatic nitrogens is 1. The Morgan fingerprint density at radius 2 is 2.00 bits per heavy atom. The van der Waals surface area contributed by atoms with Gasteiger partial charge in [0.05, 0.1) is 0 Å². The van der Waals surface area contributed by atoms with Gasteiger partial charge in [-0.25, -0.2) is 4.98 Å². The van der Waals surface area contributed by atoms with Crippen LogP contribution >= 0.6 is 0 Å². The average Bonchev–Trinajstić information content (AvgIpc) is 2.37. The molecule has 0 saturated carbocycles. The van der Waals surface area contributed by atoms with E-state index in [1.165, 1.54) is 18.4 Å². The van der Waals surface area contributed by atoms with Crippen LogP contribution in [0.15, 0.2) is 12.1 Å². The van der Waals surface area contributed by atoms with Gasteiger partial charge in [0.25, 0.3) is 0 Å². The lowest BCUT2D eigenvalue weighted by atomic mass is 10.2. The maximum absolute atomic E-state index is 4.68. The fraction of sp³-hybridized carbons (Fsp3) is 0.688. The summed E-state index contributed by atoms with van der Waals surface area (Å²) in [7, 11) is 0. The second kappa shape index (κ2) is 8.16. The summed E-state index contributed by atoms with van der Waals surface area (Å²) in [5, 5.41) is 3.47. The number of nitrogens with zero attached hydrogens (tertiary/aromatic N) is 2. The molecule has 0 aliphatic heterocycles. The van der Waals surface area contributed by atoms with Gasteiger partial charge in [0.1, 0.15) is 5.82 Å². The first-order valence-corrected chi connectivity index (χ1v) is 7.52. The lowest BCUT2D eigenvalue weighted by molar-refractivity contribution is 0.588. The molecule has 108 valence electrons. The molecule has 19 heavy (non-hydrogen) atoms. The van der Waals surface area contributed by atoms with E-state index in [9.17, 15) is 0 Å². The number of hydrogen-bond donors (Lipinski definition) is 1. The van der Waals surface area contributed by atoms with Crippen LogP contribution in [0.5, 0.6) is 0 Å². The van der Waals surface area contributed by atoms with Crippen molar-refractivity contribution >= 4 is 5.82 Å².